The summed E-state index contributed by atoms with van der Waals surface area (Å²) in [6.45, 7) is 3.97. The molecule has 0 fully saturated rings. The van der Waals surface area contributed by atoms with Crippen LogP contribution in [0.15, 0.2) is 0 Å². The Balaban J connectivity index is 3.39. The highest BCUT2D eigenvalue weighted by Crippen LogP contribution is 2.17. The minimum atomic E-state index is -3.86. The SMILES string of the molecule is CCCC(CCCCCCCCCCCCC(O)CC)S(=O)(=O)O. The molecule has 24 heavy (non-hydrogen) atoms. The van der Waals surface area contributed by atoms with Gasteiger partial charge in [0.15, 0.2) is 0 Å². The second-order valence-electron chi connectivity index (χ2n) is 7.10. The molecule has 0 spiro atoms. The maximum Gasteiger partial charge on any atom is 0.267 e. The molecule has 0 aliphatic rings. The van der Waals surface area contributed by atoms with Crippen LogP contribution in [0.4, 0.5) is 0 Å². The van der Waals surface area contributed by atoms with Crippen LogP contribution in [0.3, 0.4) is 0 Å². The third-order valence-corrected chi connectivity index (χ3v) is 6.13. The van der Waals surface area contributed by atoms with Crippen molar-refractivity contribution < 1.29 is 18.1 Å². The van der Waals surface area contributed by atoms with Gasteiger partial charge >= 0.3 is 0 Å². The van der Waals surface area contributed by atoms with Gasteiger partial charge < -0.3 is 5.11 Å². The van der Waals surface area contributed by atoms with Crippen molar-refractivity contribution in [2.24, 2.45) is 0 Å². The lowest BCUT2D eigenvalue weighted by molar-refractivity contribution is 0.156. The summed E-state index contributed by atoms with van der Waals surface area (Å²) in [5.41, 5.74) is 0. The maximum atomic E-state index is 11.2. The smallest absolute Gasteiger partial charge is 0.267 e. The van der Waals surface area contributed by atoms with Crippen molar-refractivity contribution >= 4 is 10.1 Å². The van der Waals surface area contributed by atoms with Gasteiger partial charge in [-0.2, -0.15) is 8.42 Å². The number of aliphatic hydroxyl groups is 1. The van der Waals surface area contributed by atoms with Crippen molar-refractivity contribution in [3.05, 3.63) is 0 Å². The number of hydrogen-bond acceptors (Lipinski definition) is 3. The third-order valence-electron chi connectivity index (χ3n) is 4.82. The molecule has 0 aromatic heterocycles. The van der Waals surface area contributed by atoms with E-state index in [9.17, 15) is 18.1 Å². The van der Waals surface area contributed by atoms with Gasteiger partial charge in [-0.15, -0.1) is 0 Å². The molecule has 0 amide bonds. The molecule has 0 aliphatic heterocycles. The van der Waals surface area contributed by atoms with Crippen LogP contribution in [0, 0.1) is 0 Å². The summed E-state index contributed by atoms with van der Waals surface area (Å²) in [5, 5.41) is 8.90. The zero-order valence-electron chi connectivity index (χ0n) is 15.9. The first-order valence-corrected chi connectivity index (χ1v) is 11.6. The van der Waals surface area contributed by atoms with Crippen molar-refractivity contribution in [2.45, 2.75) is 122 Å². The predicted octanol–water partition coefficient (Wildman–Crippen LogP) is 5.50. The Morgan fingerprint density at radius 2 is 1.12 bits per heavy atom. The van der Waals surface area contributed by atoms with Gasteiger partial charge in [0, 0.05) is 0 Å². The van der Waals surface area contributed by atoms with E-state index in [4.69, 9.17) is 0 Å². The van der Waals surface area contributed by atoms with Crippen LogP contribution in [0.2, 0.25) is 0 Å². The Hall–Kier alpha value is -0.130. The minimum absolute atomic E-state index is 0.109. The number of rotatable bonds is 17. The quantitative estimate of drug-likeness (QED) is 0.264. The molecule has 0 radical (unpaired) electrons. The Labute approximate surface area is 150 Å². The Bertz CT molecular complexity index is 368. The van der Waals surface area contributed by atoms with Crippen LogP contribution in [-0.2, 0) is 10.1 Å². The van der Waals surface area contributed by atoms with E-state index in [1.165, 1.54) is 38.5 Å². The van der Waals surface area contributed by atoms with Gasteiger partial charge in [0.1, 0.15) is 0 Å². The molecular formula is C19H40O4S. The second-order valence-corrected chi connectivity index (χ2v) is 8.80. The first-order valence-electron chi connectivity index (χ1n) is 10.1. The second kappa shape index (κ2) is 15.2. The summed E-state index contributed by atoms with van der Waals surface area (Å²) >= 11 is 0. The minimum Gasteiger partial charge on any atom is -0.393 e. The molecule has 0 heterocycles. The Kier molecular flexibility index (Phi) is 15.1. The normalized spacial score (nSPS) is 14.7. The van der Waals surface area contributed by atoms with Gasteiger partial charge in [-0.1, -0.05) is 84.5 Å². The molecule has 0 rings (SSSR count). The fourth-order valence-electron chi connectivity index (χ4n) is 3.13. The van der Waals surface area contributed by atoms with Crippen LogP contribution >= 0.6 is 0 Å². The van der Waals surface area contributed by atoms with E-state index >= 15 is 0 Å². The summed E-state index contributed by atoms with van der Waals surface area (Å²) in [4.78, 5) is 0. The molecule has 0 saturated heterocycles. The van der Waals surface area contributed by atoms with E-state index in [1.807, 2.05) is 13.8 Å². The van der Waals surface area contributed by atoms with Gasteiger partial charge in [-0.3, -0.25) is 4.55 Å². The van der Waals surface area contributed by atoms with Crippen LogP contribution < -0.4 is 0 Å². The summed E-state index contributed by atoms with van der Waals surface area (Å²) in [6, 6.07) is 0. The number of aliphatic hydroxyl groups excluding tert-OH is 1. The Morgan fingerprint density at radius 3 is 1.50 bits per heavy atom. The number of hydrogen-bond donors (Lipinski definition) is 2. The molecule has 0 saturated carbocycles. The molecule has 0 aromatic rings. The number of unbranched alkanes of at least 4 members (excludes halogenated alkanes) is 9. The van der Waals surface area contributed by atoms with E-state index < -0.39 is 15.4 Å². The molecule has 0 aromatic carbocycles. The third kappa shape index (κ3) is 14.2. The van der Waals surface area contributed by atoms with E-state index in [0.29, 0.717) is 12.8 Å². The molecular weight excluding hydrogens is 324 g/mol. The first kappa shape index (κ1) is 23.9. The largest absolute Gasteiger partial charge is 0.393 e. The topological polar surface area (TPSA) is 74.6 Å². The van der Waals surface area contributed by atoms with Gasteiger partial charge in [0.05, 0.1) is 11.4 Å². The lowest BCUT2D eigenvalue weighted by atomic mass is 10.0. The van der Waals surface area contributed by atoms with Gasteiger partial charge in [-0.05, 0) is 25.7 Å². The molecule has 0 bridgehead atoms. The zero-order chi connectivity index (χ0) is 18.3. The average Bonchev–Trinajstić information content (AvgIpc) is 2.53. The van der Waals surface area contributed by atoms with E-state index in [1.54, 1.807) is 0 Å². The molecule has 2 atom stereocenters. The molecule has 2 N–H and O–H groups in total. The highest BCUT2D eigenvalue weighted by molar-refractivity contribution is 7.86. The summed E-state index contributed by atoms with van der Waals surface area (Å²) < 4.78 is 31.6. The standard InChI is InChI=1S/C19H40O4S/c1-3-15-19(24(21,22)23)17-14-12-10-8-6-5-7-9-11-13-16-18(20)4-2/h18-20H,3-17H2,1-2H3,(H,21,22,23). The van der Waals surface area contributed by atoms with E-state index in [2.05, 4.69) is 0 Å². The lowest BCUT2D eigenvalue weighted by Crippen LogP contribution is -2.20. The molecule has 4 nitrogen and oxygen atoms in total. The molecule has 0 aliphatic carbocycles. The predicted molar refractivity (Wildman–Crippen MR) is 102 cm³/mol. The summed E-state index contributed by atoms with van der Waals surface area (Å²) in [7, 11) is -3.86. The molecule has 2 unspecified atom stereocenters. The van der Waals surface area contributed by atoms with Gasteiger partial charge in [-0.25, -0.2) is 0 Å². The molecule has 5 heteroatoms. The fraction of sp³-hybridized carbons (Fsp3) is 1.00. The highest BCUT2D eigenvalue weighted by Gasteiger charge is 2.20. The average molecular weight is 365 g/mol. The van der Waals surface area contributed by atoms with Crippen molar-refractivity contribution in [3.63, 3.8) is 0 Å². The first-order chi connectivity index (χ1) is 11.4. The van der Waals surface area contributed by atoms with Crippen molar-refractivity contribution in [3.8, 4) is 0 Å². The van der Waals surface area contributed by atoms with Crippen molar-refractivity contribution in [1.29, 1.82) is 0 Å². The fourth-order valence-corrected chi connectivity index (χ4v) is 4.13. The van der Waals surface area contributed by atoms with Crippen molar-refractivity contribution in [2.75, 3.05) is 0 Å². The van der Waals surface area contributed by atoms with Crippen LogP contribution in [0.25, 0.3) is 0 Å². The van der Waals surface area contributed by atoms with Crippen molar-refractivity contribution in [1.82, 2.24) is 0 Å². The summed E-state index contributed by atoms with van der Waals surface area (Å²) in [5.74, 6) is 0. The monoisotopic (exact) mass is 364 g/mol. The van der Waals surface area contributed by atoms with Gasteiger partial charge in [0.25, 0.3) is 10.1 Å². The van der Waals surface area contributed by atoms with Crippen LogP contribution in [-0.4, -0.2) is 29.4 Å². The van der Waals surface area contributed by atoms with E-state index in [0.717, 1.165) is 44.9 Å². The van der Waals surface area contributed by atoms with Crippen LogP contribution in [0.1, 0.15) is 110 Å². The molecule has 146 valence electrons. The lowest BCUT2D eigenvalue weighted by Gasteiger charge is -2.12. The highest BCUT2D eigenvalue weighted by atomic mass is 32.2. The van der Waals surface area contributed by atoms with Gasteiger partial charge in [0.2, 0.25) is 0 Å². The zero-order valence-corrected chi connectivity index (χ0v) is 16.7. The Morgan fingerprint density at radius 1 is 0.708 bits per heavy atom. The summed E-state index contributed by atoms with van der Waals surface area (Å²) in [6.07, 6.45) is 15.4. The van der Waals surface area contributed by atoms with E-state index in [-0.39, 0.29) is 6.10 Å². The van der Waals surface area contributed by atoms with Crippen LogP contribution in [0.5, 0.6) is 0 Å². The maximum absolute atomic E-state index is 11.2.